The molecule has 1 aromatic heterocycles. The minimum absolute atomic E-state index is 0.384. The van der Waals surface area contributed by atoms with Crippen LogP contribution in [0.1, 0.15) is 37.8 Å². The number of amides is 3. The SMILES string of the molecule is CCN1CCN(C2=Nc3cc(C4NC(=O)NC4=O)oc3CC2)CC1C. The third kappa shape index (κ3) is 2.90. The van der Waals surface area contributed by atoms with Gasteiger partial charge in [0.25, 0.3) is 5.91 Å². The number of aliphatic imine (C=N–C) groups is 1. The van der Waals surface area contributed by atoms with Gasteiger partial charge in [0, 0.05) is 44.6 Å². The van der Waals surface area contributed by atoms with Crippen LogP contribution in [0.25, 0.3) is 0 Å². The standard InChI is InChI=1S/C17H23N5O3/c1-3-21-6-7-22(9-10(21)2)14-5-4-12-11(18-14)8-13(25-12)15-16(23)20-17(24)19-15/h8,10,15H,3-7,9H2,1-2H3,(H2,19,20,23,24). The van der Waals surface area contributed by atoms with Gasteiger partial charge in [0.2, 0.25) is 0 Å². The van der Waals surface area contributed by atoms with Crippen molar-refractivity contribution in [1.29, 1.82) is 0 Å². The molecule has 4 heterocycles. The predicted molar refractivity (Wildman–Crippen MR) is 91.8 cm³/mol. The Hall–Kier alpha value is -2.35. The number of hydrogen-bond acceptors (Lipinski definition) is 6. The summed E-state index contributed by atoms with van der Waals surface area (Å²) in [6.07, 6.45) is 1.60. The zero-order valence-corrected chi connectivity index (χ0v) is 14.5. The van der Waals surface area contributed by atoms with Gasteiger partial charge in [-0.2, -0.15) is 0 Å². The lowest BCUT2D eigenvalue weighted by Crippen LogP contribution is -2.53. The van der Waals surface area contributed by atoms with Crippen molar-refractivity contribution in [3.05, 3.63) is 17.6 Å². The van der Waals surface area contributed by atoms with Gasteiger partial charge < -0.3 is 14.6 Å². The van der Waals surface area contributed by atoms with Gasteiger partial charge in [-0.15, -0.1) is 0 Å². The van der Waals surface area contributed by atoms with Gasteiger partial charge in [-0.3, -0.25) is 15.0 Å². The van der Waals surface area contributed by atoms with E-state index in [-0.39, 0.29) is 5.91 Å². The van der Waals surface area contributed by atoms with E-state index >= 15 is 0 Å². The number of imide groups is 1. The second-order valence-electron chi connectivity index (χ2n) is 6.80. The van der Waals surface area contributed by atoms with E-state index in [0.717, 1.165) is 56.3 Å². The summed E-state index contributed by atoms with van der Waals surface area (Å²) in [6, 6.07) is 1.04. The average molecular weight is 345 g/mol. The number of hydrogen-bond donors (Lipinski definition) is 2. The lowest BCUT2D eigenvalue weighted by Gasteiger charge is -2.41. The number of nitrogens with one attached hydrogen (secondary N) is 2. The molecule has 0 bridgehead atoms. The van der Waals surface area contributed by atoms with Crippen molar-refractivity contribution in [3.63, 3.8) is 0 Å². The molecule has 2 unspecified atom stereocenters. The summed E-state index contributed by atoms with van der Waals surface area (Å²) in [5.41, 5.74) is 0.774. The summed E-state index contributed by atoms with van der Waals surface area (Å²) in [6.45, 7) is 8.54. The molecular weight excluding hydrogens is 322 g/mol. The van der Waals surface area contributed by atoms with Gasteiger partial charge in [0.1, 0.15) is 23.0 Å². The molecule has 0 spiro atoms. The Morgan fingerprint density at radius 3 is 2.84 bits per heavy atom. The smallest absolute Gasteiger partial charge is 0.322 e. The number of likely N-dealkylation sites (N-methyl/N-ethyl adjacent to an activating group) is 1. The Kier molecular flexibility index (Phi) is 3.99. The Balaban J connectivity index is 1.53. The van der Waals surface area contributed by atoms with Crippen molar-refractivity contribution >= 4 is 23.5 Å². The summed E-state index contributed by atoms with van der Waals surface area (Å²) >= 11 is 0. The van der Waals surface area contributed by atoms with E-state index in [9.17, 15) is 9.59 Å². The number of carbonyl (C=O) groups excluding carboxylic acids is 2. The molecule has 3 aliphatic rings. The van der Waals surface area contributed by atoms with E-state index in [1.54, 1.807) is 6.07 Å². The van der Waals surface area contributed by atoms with E-state index in [2.05, 4.69) is 34.3 Å². The molecule has 0 radical (unpaired) electrons. The van der Waals surface area contributed by atoms with Crippen LogP contribution in [0.5, 0.6) is 0 Å². The topological polar surface area (TPSA) is 90.2 Å². The Labute approximate surface area is 146 Å². The lowest BCUT2D eigenvalue weighted by molar-refractivity contribution is -0.120. The number of rotatable bonds is 2. The third-order valence-electron chi connectivity index (χ3n) is 5.23. The first-order valence-electron chi connectivity index (χ1n) is 8.85. The number of piperazine rings is 1. The van der Waals surface area contributed by atoms with Gasteiger partial charge in [0.05, 0.1) is 0 Å². The molecule has 4 rings (SSSR count). The van der Waals surface area contributed by atoms with Crippen LogP contribution in [0.4, 0.5) is 10.5 Å². The van der Waals surface area contributed by atoms with E-state index < -0.39 is 12.1 Å². The number of nitrogens with zero attached hydrogens (tertiary/aromatic N) is 3. The second-order valence-corrected chi connectivity index (χ2v) is 6.80. The van der Waals surface area contributed by atoms with Crippen LogP contribution in [0, 0.1) is 0 Å². The van der Waals surface area contributed by atoms with Crippen molar-refractivity contribution in [3.8, 4) is 0 Å². The number of furan rings is 1. The van der Waals surface area contributed by atoms with Crippen molar-refractivity contribution in [2.24, 2.45) is 4.99 Å². The molecule has 0 aliphatic carbocycles. The largest absolute Gasteiger partial charge is 0.461 e. The van der Waals surface area contributed by atoms with Crippen molar-refractivity contribution in [2.75, 3.05) is 26.2 Å². The summed E-state index contributed by atoms with van der Waals surface area (Å²) in [5, 5.41) is 4.79. The first-order chi connectivity index (χ1) is 12.0. The maximum atomic E-state index is 11.8. The molecule has 3 amide bonds. The van der Waals surface area contributed by atoms with Crippen LogP contribution in [0.15, 0.2) is 15.5 Å². The maximum absolute atomic E-state index is 11.8. The molecule has 3 aliphatic heterocycles. The Morgan fingerprint density at radius 1 is 1.32 bits per heavy atom. The number of aryl methyl sites for hydroxylation is 1. The van der Waals surface area contributed by atoms with Crippen molar-refractivity contribution < 1.29 is 14.0 Å². The zero-order valence-electron chi connectivity index (χ0n) is 14.5. The summed E-state index contributed by atoms with van der Waals surface area (Å²) in [5.74, 6) is 1.93. The summed E-state index contributed by atoms with van der Waals surface area (Å²) < 4.78 is 5.79. The Bertz CT molecular complexity index is 741. The third-order valence-corrected chi connectivity index (χ3v) is 5.23. The molecule has 0 saturated carbocycles. The van der Waals surface area contributed by atoms with Crippen molar-refractivity contribution in [1.82, 2.24) is 20.4 Å². The fraction of sp³-hybridized carbons (Fsp3) is 0.588. The normalized spacial score (nSPS) is 27.0. The predicted octanol–water partition coefficient (Wildman–Crippen LogP) is 1.16. The zero-order chi connectivity index (χ0) is 17.6. The summed E-state index contributed by atoms with van der Waals surface area (Å²) in [4.78, 5) is 32.7. The van der Waals surface area contributed by atoms with Gasteiger partial charge in [-0.05, 0) is 13.5 Å². The molecule has 2 N–H and O–H groups in total. The van der Waals surface area contributed by atoms with Crippen LogP contribution in [0.3, 0.4) is 0 Å². The number of urea groups is 1. The first kappa shape index (κ1) is 16.1. The minimum atomic E-state index is -0.759. The van der Waals surface area contributed by atoms with Crippen LogP contribution < -0.4 is 10.6 Å². The fourth-order valence-electron chi connectivity index (χ4n) is 3.82. The number of amidine groups is 1. The van der Waals surface area contributed by atoms with Crippen molar-refractivity contribution in [2.45, 2.75) is 38.8 Å². The monoisotopic (exact) mass is 345 g/mol. The molecule has 134 valence electrons. The van der Waals surface area contributed by atoms with Gasteiger partial charge >= 0.3 is 6.03 Å². The minimum Gasteiger partial charge on any atom is -0.461 e. The first-order valence-corrected chi connectivity index (χ1v) is 8.85. The van der Waals surface area contributed by atoms with E-state index in [0.29, 0.717) is 11.8 Å². The van der Waals surface area contributed by atoms with Crippen LogP contribution in [-0.2, 0) is 11.2 Å². The molecule has 2 fully saturated rings. The highest BCUT2D eigenvalue weighted by Gasteiger charge is 2.35. The molecule has 0 aromatic carbocycles. The molecule has 8 heteroatoms. The molecule has 2 atom stereocenters. The average Bonchev–Trinajstić information content (AvgIpc) is 3.16. The summed E-state index contributed by atoms with van der Waals surface area (Å²) in [7, 11) is 0. The highest BCUT2D eigenvalue weighted by molar-refractivity contribution is 6.04. The Morgan fingerprint density at radius 2 is 2.16 bits per heavy atom. The second kappa shape index (κ2) is 6.18. The maximum Gasteiger partial charge on any atom is 0.322 e. The van der Waals surface area contributed by atoms with Gasteiger partial charge in [-0.1, -0.05) is 6.92 Å². The molecule has 8 nitrogen and oxygen atoms in total. The van der Waals surface area contributed by atoms with Crippen LogP contribution >= 0.6 is 0 Å². The highest BCUT2D eigenvalue weighted by Crippen LogP contribution is 2.33. The number of fused-ring (bicyclic) bond motifs is 1. The quantitative estimate of drug-likeness (QED) is 0.785. The molecule has 25 heavy (non-hydrogen) atoms. The highest BCUT2D eigenvalue weighted by atomic mass is 16.3. The van der Waals surface area contributed by atoms with Crippen LogP contribution in [0.2, 0.25) is 0 Å². The van der Waals surface area contributed by atoms with E-state index in [1.165, 1.54) is 0 Å². The lowest BCUT2D eigenvalue weighted by atomic mass is 10.1. The van der Waals surface area contributed by atoms with Gasteiger partial charge in [0.15, 0.2) is 6.04 Å². The van der Waals surface area contributed by atoms with E-state index in [4.69, 9.17) is 9.41 Å². The fourth-order valence-corrected chi connectivity index (χ4v) is 3.82. The number of carbonyl (C=O) groups is 2. The van der Waals surface area contributed by atoms with E-state index in [1.807, 2.05) is 0 Å². The molecule has 2 saturated heterocycles. The molecule has 1 aromatic rings. The van der Waals surface area contributed by atoms with Gasteiger partial charge in [-0.25, -0.2) is 9.79 Å². The molecular formula is C17H23N5O3. The van der Waals surface area contributed by atoms with Crippen LogP contribution in [-0.4, -0.2) is 59.8 Å².